The van der Waals surface area contributed by atoms with E-state index in [9.17, 15) is 0 Å². The molecule has 2 N–H and O–H groups in total. The molecule has 8 rings (SSSR count). The Morgan fingerprint density at radius 3 is 2.42 bits per heavy atom. The molecule has 0 saturated heterocycles. The van der Waals surface area contributed by atoms with Gasteiger partial charge in [-0.1, -0.05) is 98.4 Å². The highest BCUT2D eigenvalue weighted by molar-refractivity contribution is 8.03. The number of nitrogens with two attached hydrogens (primary N) is 1. The Hall–Kier alpha value is -4.54. The second-order valence-corrected chi connectivity index (χ2v) is 16.5. The lowest BCUT2D eigenvalue weighted by Gasteiger charge is -2.25. The molecule has 4 heteroatoms. The number of fused-ring (bicyclic) bond motifs is 5. The molecule has 0 amide bonds. The van der Waals surface area contributed by atoms with Crippen molar-refractivity contribution in [3.63, 3.8) is 0 Å². The molecule has 0 radical (unpaired) electrons. The number of hydrogen-bond donors (Lipinski definition) is 1. The first-order valence-corrected chi connectivity index (χ1v) is 18.9. The minimum Gasteiger partial charge on any atom is -0.399 e. The molecule has 4 aromatic carbocycles. The van der Waals surface area contributed by atoms with Crippen molar-refractivity contribution in [2.75, 3.05) is 24.7 Å². The summed E-state index contributed by atoms with van der Waals surface area (Å²) in [6.07, 6.45) is 16.4. The number of nitrogen functional groups attached to an aromatic ring is 1. The van der Waals surface area contributed by atoms with Crippen LogP contribution < -0.4 is 21.1 Å². The first-order chi connectivity index (χ1) is 24.1. The van der Waals surface area contributed by atoms with Gasteiger partial charge in [0.2, 0.25) is 0 Å². The van der Waals surface area contributed by atoms with Crippen molar-refractivity contribution in [1.82, 2.24) is 0 Å². The summed E-state index contributed by atoms with van der Waals surface area (Å²) in [5, 5.41) is 5.43. The standard InChI is InChI=1S/C46H48N3S/c1-45(2)40(48(5)38-26-18-30-12-7-9-16-36(30)42(38)45)28-20-32-14-11-15-33(44(32)50-35-24-22-34(47)23-25-35)21-29-41-46(3,4)43-37-17-10-8-13-31(37)19-27-39(43)49(41)6/h7-10,12-13,16-26,28-29,39H,11,14-15,27,47H2,1-6H3/q+1. The molecule has 2 aliphatic heterocycles. The lowest BCUT2D eigenvalue weighted by atomic mass is 9.76. The summed E-state index contributed by atoms with van der Waals surface area (Å²) in [4.78, 5) is 5.00. The molecule has 0 fully saturated rings. The fraction of sp³-hybridized carbons (Fsp3) is 0.283. The van der Waals surface area contributed by atoms with Crippen LogP contribution in [0, 0.1) is 5.41 Å². The predicted octanol–water partition coefficient (Wildman–Crippen LogP) is 9.27. The van der Waals surface area contributed by atoms with Crippen LogP contribution in [-0.2, 0) is 5.41 Å². The molecule has 2 heterocycles. The third-order valence-corrected chi connectivity index (χ3v) is 12.9. The summed E-state index contributed by atoms with van der Waals surface area (Å²) in [5.74, 6) is 0. The van der Waals surface area contributed by atoms with E-state index in [0.717, 1.165) is 31.4 Å². The second-order valence-electron chi connectivity index (χ2n) is 15.4. The van der Waals surface area contributed by atoms with Crippen LogP contribution >= 0.6 is 11.8 Å². The molecule has 252 valence electrons. The van der Waals surface area contributed by atoms with Crippen molar-refractivity contribution < 1.29 is 4.58 Å². The third kappa shape index (κ3) is 5.31. The van der Waals surface area contributed by atoms with Crippen molar-refractivity contribution >= 4 is 51.3 Å². The highest BCUT2D eigenvalue weighted by Crippen LogP contribution is 2.50. The van der Waals surface area contributed by atoms with Crippen molar-refractivity contribution in [2.24, 2.45) is 5.41 Å². The molecule has 50 heavy (non-hydrogen) atoms. The van der Waals surface area contributed by atoms with E-state index in [0.29, 0.717) is 6.04 Å². The summed E-state index contributed by atoms with van der Waals surface area (Å²) in [7, 11) is 4.52. The van der Waals surface area contributed by atoms with Crippen LogP contribution in [0.25, 0.3) is 22.4 Å². The molecule has 0 aromatic heterocycles. The number of benzene rings is 4. The normalized spacial score (nSPS) is 22.5. The van der Waals surface area contributed by atoms with E-state index < -0.39 is 0 Å². The summed E-state index contributed by atoms with van der Waals surface area (Å²) in [5.41, 5.74) is 16.6. The van der Waals surface area contributed by atoms with Crippen LogP contribution in [0.3, 0.4) is 0 Å². The van der Waals surface area contributed by atoms with Crippen molar-refractivity contribution in [1.29, 1.82) is 0 Å². The van der Waals surface area contributed by atoms with Crippen molar-refractivity contribution in [2.45, 2.75) is 69.7 Å². The highest BCUT2D eigenvalue weighted by Gasteiger charge is 2.49. The first-order valence-electron chi connectivity index (χ1n) is 18.1. The zero-order valence-corrected chi connectivity index (χ0v) is 31.1. The van der Waals surface area contributed by atoms with E-state index in [4.69, 9.17) is 5.73 Å². The fourth-order valence-electron chi connectivity index (χ4n) is 9.19. The van der Waals surface area contributed by atoms with Crippen LogP contribution in [-0.4, -0.2) is 30.4 Å². The second kappa shape index (κ2) is 12.3. The van der Waals surface area contributed by atoms with E-state index in [2.05, 4.69) is 154 Å². The predicted molar refractivity (Wildman–Crippen MR) is 215 cm³/mol. The highest BCUT2D eigenvalue weighted by atomic mass is 32.2. The van der Waals surface area contributed by atoms with Gasteiger partial charge in [0, 0.05) is 57.4 Å². The van der Waals surface area contributed by atoms with E-state index in [1.165, 1.54) is 64.8 Å². The van der Waals surface area contributed by atoms with Gasteiger partial charge in [-0.15, -0.1) is 0 Å². The Labute approximate surface area is 301 Å². The van der Waals surface area contributed by atoms with Gasteiger partial charge in [-0.3, -0.25) is 0 Å². The summed E-state index contributed by atoms with van der Waals surface area (Å²) >= 11 is 1.88. The average Bonchev–Trinajstić information content (AvgIpc) is 3.44. The SMILES string of the molecule is CN1/C(=C/C=C2\CCCC(/C=C/C3=[N+](C)C4CC=c5ccccc5=C4C3(C)C)=C2Sc2ccc(N)cc2)C(C)(C)c2c1ccc1ccccc21. The molecule has 4 aromatic rings. The quantitative estimate of drug-likeness (QED) is 0.169. The Morgan fingerprint density at radius 2 is 1.60 bits per heavy atom. The number of anilines is 2. The lowest BCUT2D eigenvalue weighted by Crippen LogP contribution is -2.39. The van der Waals surface area contributed by atoms with Crippen LogP contribution in [0.1, 0.15) is 58.9 Å². The monoisotopic (exact) mass is 674 g/mol. The molecule has 0 bridgehead atoms. The van der Waals surface area contributed by atoms with Gasteiger partial charge in [0.05, 0.1) is 5.41 Å². The Morgan fingerprint density at radius 1 is 0.840 bits per heavy atom. The topological polar surface area (TPSA) is 32.3 Å². The smallest absolute Gasteiger partial charge is 0.186 e. The molecule has 0 spiro atoms. The van der Waals surface area contributed by atoms with Crippen LogP contribution in [0.15, 0.2) is 136 Å². The van der Waals surface area contributed by atoms with Gasteiger partial charge in [0.25, 0.3) is 0 Å². The largest absolute Gasteiger partial charge is 0.399 e. The average molecular weight is 675 g/mol. The Kier molecular flexibility index (Phi) is 8.06. The van der Waals surface area contributed by atoms with E-state index in [-0.39, 0.29) is 10.8 Å². The maximum absolute atomic E-state index is 6.11. The summed E-state index contributed by atoms with van der Waals surface area (Å²) in [6.45, 7) is 9.59. The van der Waals surface area contributed by atoms with Gasteiger partial charge in [-0.25, -0.2) is 4.58 Å². The molecule has 3 nitrogen and oxygen atoms in total. The maximum Gasteiger partial charge on any atom is 0.186 e. The maximum atomic E-state index is 6.11. The van der Waals surface area contributed by atoms with Crippen LogP contribution in [0.4, 0.5) is 11.4 Å². The van der Waals surface area contributed by atoms with Gasteiger partial charge in [-0.2, -0.15) is 0 Å². The van der Waals surface area contributed by atoms with Gasteiger partial charge < -0.3 is 10.6 Å². The number of thioether (sulfide) groups is 1. The minimum atomic E-state index is -0.118. The molecular weight excluding hydrogens is 627 g/mol. The van der Waals surface area contributed by atoms with Gasteiger partial charge in [0.15, 0.2) is 11.8 Å². The zero-order valence-electron chi connectivity index (χ0n) is 30.3. The molecule has 1 atom stereocenters. The Balaban J connectivity index is 1.21. The first kappa shape index (κ1) is 32.7. The van der Waals surface area contributed by atoms with E-state index >= 15 is 0 Å². The van der Waals surface area contributed by atoms with Gasteiger partial charge in [-0.05, 0) is 107 Å². The number of likely N-dealkylation sites (N-methyl/N-ethyl adjacent to an activating group) is 1. The van der Waals surface area contributed by atoms with Gasteiger partial charge in [0.1, 0.15) is 7.05 Å². The molecule has 0 saturated carbocycles. The van der Waals surface area contributed by atoms with Crippen molar-refractivity contribution in [3.8, 4) is 0 Å². The zero-order chi connectivity index (χ0) is 34.8. The van der Waals surface area contributed by atoms with Gasteiger partial charge >= 0.3 is 0 Å². The molecule has 1 unspecified atom stereocenters. The minimum absolute atomic E-state index is 0.0549. The number of rotatable bonds is 5. The molecule has 4 aliphatic rings. The number of nitrogens with zero attached hydrogens (tertiary/aromatic N) is 2. The lowest BCUT2D eigenvalue weighted by molar-refractivity contribution is -0.515. The van der Waals surface area contributed by atoms with E-state index in [1.54, 1.807) is 5.57 Å². The van der Waals surface area contributed by atoms with Crippen LogP contribution in [0.2, 0.25) is 0 Å². The van der Waals surface area contributed by atoms with E-state index in [1.807, 2.05) is 23.9 Å². The molecular formula is C46H48N3S+. The summed E-state index contributed by atoms with van der Waals surface area (Å²) < 4.78 is 2.54. The van der Waals surface area contributed by atoms with Crippen LogP contribution in [0.5, 0.6) is 0 Å². The Bertz CT molecular complexity index is 2330. The van der Waals surface area contributed by atoms with Crippen molar-refractivity contribution in [3.05, 3.63) is 147 Å². The molecule has 2 aliphatic carbocycles. The third-order valence-electron chi connectivity index (χ3n) is 11.7. The number of hydrogen-bond acceptors (Lipinski definition) is 3. The summed E-state index contributed by atoms with van der Waals surface area (Å²) in [6, 6.07) is 31.1. The number of allylic oxidation sites excluding steroid dienone is 7. The fourth-order valence-corrected chi connectivity index (χ4v) is 10.3.